The molecule has 0 aliphatic carbocycles. The van der Waals surface area contributed by atoms with Crippen LogP contribution in [0.1, 0.15) is 115 Å². The number of anilines is 1. The molecule has 4 aromatic carbocycles. The van der Waals surface area contributed by atoms with Gasteiger partial charge in [-0.05, 0) is 81.2 Å². The molecule has 0 bridgehead atoms. The van der Waals surface area contributed by atoms with Crippen LogP contribution in [0.25, 0.3) is 33.2 Å². The standard InChI is InChI=1S/C43H52N2O/c1-26(2)34-15-13-16-35(27(3)4)40(34)44-25-33-19-18-29-14-12-17-36(39(29)45-33)38-21-28(5)20-37(41(38)46)30-22-31(42(6,7)8)24-32(23-30)43(9,10)11/h12-24,26-27,44,46H,25H2,1-11H3. The lowest BCUT2D eigenvalue weighted by Gasteiger charge is -2.26. The van der Waals surface area contributed by atoms with Crippen LogP contribution in [-0.4, -0.2) is 10.1 Å². The van der Waals surface area contributed by atoms with E-state index in [4.69, 9.17) is 4.98 Å². The Morgan fingerprint density at radius 3 is 1.80 bits per heavy atom. The smallest absolute Gasteiger partial charge is 0.131 e. The molecular weight excluding hydrogens is 560 g/mol. The van der Waals surface area contributed by atoms with Gasteiger partial charge in [0.25, 0.3) is 0 Å². The Labute approximate surface area is 277 Å². The van der Waals surface area contributed by atoms with E-state index in [1.807, 2.05) is 0 Å². The zero-order valence-corrected chi connectivity index (χ0v) is 29.8. The number of phenolic OH excluding ortho intramolecular Hbond substituents is 1. The molecule has 0 unspecified atom stereocenters. The monoisotopic (exact) mass is 612 g/mol. The Morgan fingerprint density at radius 1 is 0.674 bits per heavy atom. The first-order valence-electron chi connectivity index (χ1n) is 16.8. The molecule has 0 spiro atoms. The number of hydrogen-bond acceptors (Lipinski definition) is 3. The molecule has 0 aliphatic heterocycles. The molecule has 5 aromatic rings. The summed E-state index contributed by atoms with van der Waals surface area (Å²) in [4.78, 5) is 5.21. The first kappa shape index (κ1) is 33.3. The van der Waals surface area contributed by atoms with E-state index in [1.54, 1.807) is 0 Å². The lowest BCUT2D eigenvalue weighted by atomic mass is 9.78. The topological polar surface area (TPSA) is 45.1 Å². The van der Waals surface area contributed by atoms with Gasteiger partial charge in [0.05, 0.1) is 17.8 Å². The van der Waals surface area contributed by atoms with Gasteiger partial charge in [0.1, 0.15) is 5.75 Å². The zero-order valence-electron chi connectivity index (χ0n) is 29.8. The first-order valence-corrected chi connectivity index (χ1v) is 16.8. The van der Waals surface area contributed by atoms with Crippen molar-refractivity contribution in [2.45, 2.75) is 105 Å². The van der Waals surface area contributed by atoms with Crippen LogP contribution in [0.15, 0.2) is 78.9 Å². The number of phenols is 1. The van der Waals surface area contributed by atoms with E-state index < -0.39 is 0 Å². The molecule has 0 aliphatic rings. The van der Waals surface area contributed by atoms with Crippen molar-refractivity contribution in [1.82, 2.24) is 4.98 Å². The third-order valence-electron chi connectivity index (χ3n) is 9.12. The van der Waals surface area contributed by atoms with Crippen LogP contribution in [0.3, 0.4) is 0 Å². The summed E-state index contributed by atoms with van der Waals surface area (Å²) in [7, 11) is 0. The molecule has 0 fully saturated rings. The highest BCUT2D eigenvalue weighted by Crippen LogP contribution is 2.43. The minimum atomic E-state index is -0.0200. The molecule has 3 heteroatoms. The summed E-state index contributed by atoms with van der Waals surface area (Å²) in [5.41, 5.74) is 13.0. The summed E-state index contributed by atoms with van der Waals surface area (Å²) in [5, 5.41) is 16.8. The third-order valence-corrected chi connectivity index (χ3v) is 9.12. The molecule has 0 saturated heterocycles. The van der Waals surface area contributed by atoms with Crippen molar-refractivity contribution in [3.05, 3.63) is 112 Å². The molecule has 0 amide bonds. The molecule has 240 valence electrons. The molecular formula is C43H52N2O. The second-order valence-corrected chi connectivity index (χ2v) is 15.7. The predicted molar refractivity (Wildman–Crippen MR) is 198 cm³/mol. The number of para-hydroxylation sites is 2. The summed E-state index contributed by atoms with van der Waals surface area (Å²) in [5.74, 6) is 1.13. The average molecular weight is 613 g/mol. The maximum atomic E-state index is 12.0. The number of benzene rings is 4. The van der Waals surface area contributed by atoms with Gasteiger partial charge >= 0.3 is 0 Å². The van der Waals surface area contributed by atoms with Gasteiger partial charge in [0.2, 0.25) is 0 Å². The van der Waals surface area contributed by atoms with E-state index in [0.717, 1.165) is 44.4 Å². The number of aromatic hydroxyl groups is 1. The van der Waals surface area contributed by atoms with Gasteiger partial charge in [-0.3, -0.25) is 4.98 Å². The van der Waals surface area contributed by atoms with E-state index in [1.165, 1.54) is 27.9 Å². The van der Waals surface area contributed by atoms with E-state index >= 15 is 0 Å². The van der Waals surface area contributed by atoms with Crippen LogP contribution in [0.4, 0.5) is 5.69 Å². The normalized spacial score (nSPS) is 12.4. The van der Waals surface area contributed by atoms with E-state index in [9.17, 15) is 5.11 Å². The van der Waals surface area contributed by atoms with E-state index in [2.05, 4.69) is 160 Å². The third kappa shape index (κ3) is 6.84. The lowest BCUT2D eigenvalue weighted by molar-refractivity contribution is 0.479. The van der Waals surface area contributed by atoms with E-state index in [0.29, 0.717) is 24.1 Å². The van der Waals surface area contributed by atoms with Gasteiger partial charge < -0.3 is 10.4 Å². The fourth-order valence-corrected chi connectivity index (χ4v) is 6.29. The Kier molecular flexibility index (Phi) is 9.10. The molecule has 1 aromatic heterocycles. The quantitative estimate of drug-likeness (QED) is 0.192. The van der Waals surface area contributed by atoms with Crippen LogP contribution < -0.4 is 5.32 Å². The average Bonchev–Trinajstić information content (AvgIpc) is 2.99. The highest BCUT2D eigenvalue weighted by atomic mass is 16.3. The largest absolute Gasteiger partial charge is 0.507 e. The van der Waals surface area contributed by atoms with Gasteiger partial charge in [0, 0.05) is 27.8 Å². The number of rotatable bonds is 7. The molecule has 1 heterocycles. The molecule has 5 rings (SSSR count). The SMILES string of the molecule is Cc1cc(-c2cc(C(C)(C)C)cc(C(C)(C)C)c2)c(O)c(-c2cccc3ccc(CNc4c(C(C)C)cccc4C(C)C)nc23)c1. The molecule has 0 saturated carbocycles. The Bertz CT molecular complexity index is 1820. The lowest BCUT2D eigenvalue weighted by Crippen LogP contribution is -2.16. The highest BCUT2D eigenvalue weighted by Gasteiger charge is 2.23. The number of aromatic nitrogens is 1. The van der Waals surface area contributed by atoms with Crippen molar-refractivity contribution in [1.29, 1.82) is 0 Å². The van der Waals surface area contributed by atoms with Crippen LogP contribution >= 0.6 is 0 Å². The van der Waals surface area contributed by atoms with Crippen LogP contribution in [0.2, 0.25) is 0 Å². The summed E-state index contributed by atoms with van der Waals surface area (Å²) < 4.78 is 0. The van der Waals surface area contributed by atoms with Crippen LogP contribution in [0.5, 0.6) is 5.75 Å². The number of nitrogens with zero attached hydrogens (tertiary/aromatic N) is 1. The Balaban J connectivity index is 1.61. The summed E-state index contributed by atoms with van der Waals surface area (Å²) in [6.07, 6.45) is 0. The second-order valence-electron chi connectivity index (χ2n) is 15.7. The van der Waals surface area contributed by atoms with Gasteiger partial charge in [-0.15, -0.1) is 0 Å². The van der Waals surface area contributed by atoms with Crippen molar-refractivity contribution in [3.8, 4) is 28.0 Å². The summed E-state index contributed by atoms with van der Waals surface area (Å²) in [6.45, 7) is 25.2. The number of nitrogens with one attached hydrogen (secondary N) is 1. The first-order chi connectivity index (χ1) is 21.5. The van der Waals surface area contributed by atoms with Crippen molar-refractivity contribution < 1.29 is 5.11 Å². The summed E-state index contributed by atoms with van der Waals surface area (Å²) in [6, 6.07) is 28.2. The fourth-order valence-electron chi connectivity index (χ4n) is 6.29. The molecule has 2 N–H and O–H groups in total. The maximum Gasteiger partial charge on any atom is 0.131 e. The fraction of sp³-hybridized carbons (Fsp3) is 0.372. The van der Waals surface area contributed by atoms with Crippen molar-refractivity contribution in [2.75, 3.05) is 5.32 Å². The van der Waals surface area contributed by atoms with Gasteiger partial charge in [0.15, 0.2) is 0 Å². The van der Waals surface area contributed by atoms with E-state index in [-0.39, 0.29) is 10.8 Å². The molecule has 46 heavy (non-hydrogen) atoms. The number of hydrogen-bond donors (Lipinski definition) is 2. The second kappa shape index (κ2) is 12.6. The number of aryl methyl sites for hydroxylation is 1. The Morgan fingerprint density at radius 2 is 1.24 bits per heavy atom. The zero-order chi connectivity index (χ0) is 33.6. The molecule has 0 atom stereocenters. The minimum Gasteiger partial charge on any atom is -0.507 e. The predicted octanol–water partition coefficient (Wildman–Crippen LogP) is 12.0. The minimum absolute atomic E-state index is 0.0200. The van der Waals surface area contributed by atoms with Gasteiger partial charge in [-0.2, -0.15) is 0 Å². The maximum absolute atomic E-state index is 12.0. The number of fused-ring (bicyclic) bond motifs is 1. The van der Waals surface area contributed by atoms with Crippen molar-refractivity contribution >= 4 is 16.6 Å². The molecule has 0 radical (unpaired) electrons. The van der Waals surface area contributed by atoms with Gasteiger partial charge in [-0.25, -0.2) is 0 Å². The van der Waals surface area contributed by atoms with Crippen molar-refractivity contribution in [3.63, 3.8) is 0 Å². The van der Waals surface area contributed by atoms with Crippen molar-refractivity contribution in [2.24, 2.45) is 0 Å². The molecule has 3 nitrogen and oxygen atoms in total. The Hall–Kier alpha value is -4.11. The summed E-state index contributed by atoms with van der Waals surface area (Å²) >= 11 is 0. The van der Waals surface area contributed by atoms with Crippen LogP contribution in [-0.2, 0) is 17.4 Å². The van der Waals surface area contributed by atoms with Gasteiger partial charge in [-0.1, -0.05) is 130 Å². The highest BCUT2D eigenvalue weighted by molar-refractivity contribution is 5.97. The van der Waals surface area contributed by atoms with Crippen LogP contribution in [0, 0.1) is 6.92 Å². The number of pyridine rings is 1.